The molecule has 28 heavy (non-hydrogen) atoms. The zero-order valence-electron chi connectivity index (χ0n) is 16.8. The molecule has 2 heterocycles. The van der Waals surface area contributed by atoms with E-state index in [0.29, 0.717) is 12.5 Å². The number of hydrogen-bond donors (Lipinski definition) is 1. The van der Waals surface area contributed by atoms with Crippen LogP contribution in [0.2, 0.25) is 0 Å². The molecule has 1 aromatic heterocycles. The molecule has 2 N–H and O–H groups in total. The number of hydrogen-bond acceptors (Lipinski definition) is 5. The zero-order chi connectivity index (χ0) is 19.6. The number of anilines is 1. The predicted molar refractivity (Wildman–Crippen MR) is 113 cm³/mol. The van der Waals surface area contributed by atoms with Gasteiger partial charge in [0.1, 0.15) is 0 Å². The van der Waals surface area contributed by atoms with Crippen molar-refractivity contribution in [3.63, 3.8) is 0 Å². The Morgan fingerprint density at radius 1 is 1.04 bits per heavy atom. The number of nitrogens with two attached hydrogens (primary N) is 1. The van der Waals surface area contributed by atoms with E-state index in [4.69, 9.17) is 10.7 Å². The summed E-state index contributed by atoms with van der Waals surface area (Å²) in [6.07, 6.45) is 5.60. The van der Waals surface area contributed by atoms with Gasteiger partial charge in [0.2, 0.25) is 5.95 Å². The summed E-state index contributed by atoms with van der Waals surface area (Å²) >= 11 is 0. The van der Waals surface area contributed by atoms with Gasteiger partial charge in [-0.3, -0.25) is 4.99 Å². The molecule has 1 fully saturated rings. The van der Waals surface area contributed by atoms with Gasteiger partial charge in [-0.1, -0.05) is 24.3 Å². The molecule has 0 radical (unpaired) electrons. The van der Waals surface area contributed by atoms with Crippen LogP contribution in [0.4, 0.5) is 5.95 Å². The van der Waals surface area contributed by atoms with E-state index in [9.17, 15) is 0 Å². The smallest absolute Gasteiger partial charge is 0.225 e. The fourth-order valence-corrected chi connectivity index (χ4v) is 4.16. The van der Waals surface area contributed by atoms with Gasteiger partial charge in [-0.15, -0.1) is 0 Å². The van der Waals surface area contributed by atoms with Crippen LogP contribution in [-0.4, -0.2) is 78.1 Å². The number of guanidine groups is 1. The molecule has 2 aliphatic rings. The van der Waals surface area contributed by atoms with Crippen LogP contribution in [0.5, 0.6) is 0 Å². The van der Waals surface area contributed by atoms with Gasteiger partial charge in [0, 0.05) is 44.1 Å². The van der Waals surface area contributed by atoms with Gasteiger partial charge in [-0.05, 0) is 44.1 Å². The normalized spacial score (nSPS) is 19.2. The Balaban J connectivity index is 1.39. The average molecular weight is 380 g/mol. The minimum Gasteiger partial charge on any atom is -0.370 e. The lowest BCUT2D eigenvalue weighted by Gasteiger charge is -2.37. The van der Waals surface area contributed by atoms with E-state index >= 15 is 0 Å². The summed E-state index contributed by atoms with van der Waals surface area (Å²) in [6, 6.07) is 10.6. The molecular weight excluding hydrogens is 350 g/mol. The maximum atomic E-state index is 6.38. The highest BCUT2D eigenvalue weighted by atomic mass is 15.4. The van der Waals surface area contributed by atoms with Crippen LogP contribution in [-0.2, 0) is 12.8 Å². The van der Waals surface area contributed by atoms with Crippen molar-refractivity contribution in [2.45, 2.75) is 18.4 Å². The minimum absolute atomic E-state index is 0.00794. The molecule has 1 aliphatic carbocycles. The summed E-state index contributed by atoms with van der Waals surface area (Å²) in [5.41, 5.74) is 9.25. The van der Waals surface area contributed by atoms with Crippen LogP contribution >= 0.6 is 0 Å². The summed E-state index contributed by atoms with van der Waals surface area (Å²) in [4.78, 5) is 20.2. The first-order valence-electron chi connectivity index (χ1n) is 9.88. The van der Waals surface area contributed by atoms with E-state index < -0.39 is 0 Å². The van der Waals surface area contributed by atoms with Gasteiger partial charge in [0.15, 0.2) is 5.96 Å². The van der Waals surface area contributed by atoms with Crippen molar-refractivity contribution in [1.82, 2.24) is 19.8 Å². The van der Waals surface area contributed by atoms with E-state index in [2.05, 4.69) is 63.0 Å². The molecule has 7 heteroatoms. The highest BCUT2D eigenvalue weighted by Gasteiger charge is 2.39. The summed E-state index contributed by atoms with van der Waals surface area (Å²) < 4.78 is 0. The highest BCUT2D eigenvalue weighted by molar-refractivity contribution is 5.78. The fourth-order valence-electron chi connectivity index (χ4n) is 4.16. The summed E-state index contributed by atoms with van der Waals surface area (Å²) in [7, 11) is 4.30. The molecule has 148 valence electrons. The van der Waals surface area contributed by atoms with Crippen molar-refractivity contribution in [2.75, 3.05) is 51.7 Å². The van der Waals surface area contributed by atoms with E-state index in [0.717, 1.165) is 45.0 Å². The molecule has 1 saturated heterocycles. The van der Waals surface area contributed by atoms with Crippen molar-refractivity contribution < 1.29 is 0 Å². The monoisotopic (exact) mass is 379 g/mol. The lowest BCUT2D eigenvalue weighted by molar-refractivity contribution is 0.171. The third kappa shape index (κ3) is 3.67. The van der Waals surface area contributed by atoms with Crippen molar-refractivity contribution in [1.29, 1.82) is 0 Å². The van der Waals surface area contributed by atoms with Crippen molar-refractivity contribution in [3.05, 3.63) is 53.9 Å². The summed E-state index contributed by atoms with van der Waals surface area (Å²) in [5.74, 6) is 1.43. The number of piperazine rings is 1. The number of rotatable bonds is 4. The standard InChI is InChI=1S/C21H29N7/c1-26(2)21(14-17-6-3-4-7-18(17)15-21)16-25-19(22)27-10-12-28(13-11-27)20-23-8-5-9-24-20/h3-9H,10-16H2,1-2H3,(H2,22,25). The molecule has 1 aromatic carbocycles. The quantitative estimate of drug-likeness (QED) is 0.631. The molecule has 0 saturated carbocycles. The summed E-state index contributed by atoms with van der Waals surface area (Å²) in [6.45, 7) is 4.09. The largest absolute Gasteiger partial charge is 0.370 e. The number of benzene rings is 1. The topological polar surface area (TPSA) is 73.9 Å². The molecule has 0 bridgehead atoms. The van der Waals surface area contributed by atoms with Gasteiger partial charge in [-0.25, -0.2) is 9.97 Å². The Hall–Kier alpha value is -2.67. The predicted octanol–water partition coefficient (Wildman–Crippen LogP) is 1.01. The SMILES string of the molecule is CN(C)C1(CN=C(N)N2CCN(c3ncccn3)CC2)Cc2ccccc2C1. The van der Waals surface area contributed by atoms with Gasteiger partial charge < -0.3 is 20.4 Å². The first-order chi connectivity index (χ1) is 13.6. The van der Waals surface area contributed by atoms with Gasteiger partial charge in [0.05, 0.1) is 6.54 Å². The molecule has 0 unspecified atom stereocenters. The lowest BCUT2D eigenvalue weighted by Crippen LogP contribution is -2.53. The van der Waals surface area contributed by atoms with Crippen LogP contribution in [0, 0.1) is 0 Å². The molecule has 2 aromatic rings. The van der Waals surface area contributed by atoms with Crippen LogP contribution in [0.3, 0.4) is 0 Å². The van der Waals surface area contributed by atoms with Gasteiger partial charge >= 0.3 is 0 Å². The number of aromatic nitrogens is 2. The second-order valence-corrected chi connectivity index (χ2v) is 7.94. The zero-order valence-corrected chi connectivity index (χ0v) is 16.8. The van der Waals surface area contributed by atoms with Crippen LogP contribution in [0.15, 0.2) is 47.7 Å². The average Bonchev–Trinajstić information content (AvgIpc) is 3.13. The van der Waals surface area contributed by atoms with Crippen molar-refractivity contribution in [2.24, 2.45) is 10.7 Å². The van der Waals surface area contributed by atoms with E-state index in [-0.39, 0.29) is 5.54 Å². The highest BCUT2D eigenvalue weighted by Crippen LogP contribution is 2.33. The van der Waals surface area contributed by atoms with Crippen LogP contribution in [0.25, 0.3) is 0 Å². The third-order valence-corrected chi connectivity index (χ3v) is 6.08. The molecular formula is C21H29N7. The Kier molecular flexibility index (Phi) is 5.17. The second kappa shape index (κ2) is 7.75. The lowest BCUT2D eigenvalue weighted by atomic mass is 9.94. The number of fused-ring (bicyclic) bond motifs is 1. The molecule has 7 nitrogen and oxygen atoms in total. The van der Waals surface area contributed by atoms with E-state index in [1.165, 1.54) is 11.1 Å². The Bertz CT molecular complexity index is 801. The fraction of sp³-hybridized carbons (Fsp3) is 0.476. The maximum absolute atomic E-state index is 6.38. The molecule has 4 rings (SSSR count). The maximum Gasteiger partial charge on any atom is 0.225 e. The molecule has 0 atom stereocenters. The number of nitrogens with zero attached hydrogens (tertiary/aromatic N) is 6. The first-order valence-corrected chi connectivity index (χ1v) is 9.88. The molecule has 1 aliphatic heterocycles. The van der Waals surface area contributed by atoms with E-state index in [1.807, 2.05) is 6.07 Å². The Morgan fingerprint density at radius 3 is 2.21 bits per heavy atom. The van der Waals surface area contributed by atoms with Crippen LogP contribution < -0.4 is 10.6 Å². The molecule has 0 spiro atoms. The van der Waals surface area contributed by atoms with Crippen LogP contribution in [0.1, 0.15) is 11.1 Å². The summed E-state index contributed by atoms with van der Waals surface area (Å²) in [5, 5.41) is 0. The third-order valence-electron chi connectivity index (χ3n) is 6.08. The number of aliphatic imine (C=N–C) groups is 1. The van der Waals surface area contributed by atoms with Crippen molar-refractivity contribution >= 4 is 11.9 Å². The Labute approximate surface area is 166 Å². The second-order valence-electron chi connectivity index (χ2n) is 7.94. The number of likely N-dealkylation sites (N-methyl/N-ethyl adjacent to an activating group) is 1. The van der Waals surface area contributed by atoms with E-state index in [1.54, 1.807) is 12.4 Å². The van der Waals surface area contributed by atoms with Gasteiger partial charge in [0.25, 0.3) is 0 Å². The first kappa shape index (κ1) is 18.7. The Morgan fingerprint density at radius 2 is 1.64 bits per heavy atom. The van der Waals surface area contributed by atoms with Gasteiger partial charge in [-0.2, -0.15) is 0 Å². The van der Waals surface area contributed by atoms with Crippen molar-refractivity contribution in [3.8, 4) is 0 Å². The minimum atomic E-state index is 0.00794. The molecule has 0 amide bonds.